The molecule has 0 unspecified atom stereocenters. The lowest BCUT2D eigenvalue weighted by atomic mass is 10.2. The summed E-state index contributed by atoms with van der Waals surface area (Å²) < 4.78 is 14.8. The van der Waals surface area contributed by atoms with Crippen LogP contribution >= 0.6 is 23.2 Å². The third-order valence-corrected chi connectivity index (χ3v) is 13.3. The summed E-state index contributed by atoms with van der Waals surface area (Å²) in [6.07, 6.45) is 3.24. The van der Waals surface area contributed by atoms with E-state index in [2.05, 4.69) is 48.4 Å². The van der Waals surface area contributed by atoms with Gasteiger partial charge in [0, 0.05) is 23.8 Å². The maximum atomic E-state index is 13.9. The van der Waals surface area contributed by atoms with Crippen molar-refractivity contribution in [3.05, 3.63) is 113 Å². The molecule has 0 N–H and O–H groups in total. The standard InChI is InChI=1S/C34H36Cl2N4O3Si/c1-34(2,3)44(4,5)43-20-19-39(33(41)30-31(35)37-23-38-32(30)36)26-15-16-27-25(21-26)17-18-40(27)28-13-9-10-14-29(28)42-22-24-11-7-6-8-12-24/h6-18,21,23H,19-20,22H2,1-5H3. The fourth-order valence-corrected chi connectivity index (χ4v) is 6.14. The molecule has 228 valence electrons. The Morgan fingerprint density at radius 1 is 0.932 bits per heavy atom. The third-order valence-electron chi connectivity index (χ3n) is 8.15. The number of benzene rings is 3. The van der Waals surface area contributed by atoms with Gasteiger partial charge in [0.05, 0.1) is 17.8 Å². The van der Waals surface area contributed by atoms with E-state index in [1.807, 2.05) is 85.1 Å². The quantitative estimate of drug-likeness (QED) is 0.112. The first-order valence-electron chi connectivity index (χ1n) is 14.5. The average molecular weight is 648 g/mol. The van der Waals surface area contributed by atoms with Gasteiger partial charge in [-0.25, -0.2) is 9.97 Å². The van der Waals surface area contributed by atoms with Crippen molar-refractivity contribution in [2.45, 2.75) is 45.5 Å². The molecule has 0 bridgehead atoms. The highest BCUT2D eigenvalue weighted by molar-refractivity contribution is 6.74. The number of carbonyl (C=O) groups is 1. The summed E-state index contributed by atoms with van der Waals surface area (Å²) in [6.45, 7) is 12.1. The Morgan fingerprint density at radius 2 is 1.61 bits per heavy atom. The number of aromatic nitrogens is 3. The Bertz CT molecular complexity index is 1750. The normalized spacial score (nSPS) is 12.0. The van der Waals surface area contributed by atoms with Gasteiger partial charge in [0.15, 0.2) is 8.32 Å². The molecule has 0 saturated heterocycles. The van der Waals surface area contributed by atoms with Crippen molar-refractivity contribution in [1.82, 2.24) is 14.5 Å². The molecule has 44 heavy (non-hydrogen) atoms. The van der Waals surface area contributed by atoms with Crippen molar-refractivity contribution >= 4 is 54.0 Å². The summed E-state index contributed by atoms with van der Waals surface area (Å²) in [5, 5.41) is 0.990. The van der Waals surface area contributed by atoms with Crippen LogP contribution in [0.2, 0.25) is 28.4 Å². The van der Waals surface area contributed by atoms with Crippen molar-refractivity contribution in [3.8, 4) is 11.4 Å². The summed E-state index contributed by atoms with van der Waals surface area (Å²) >= 11 is 12.7. The van der Waals surface area contributed by atoms with E-state index < -0.39 is 14.2 Å². The molecule has 0 atom stereocenters. The van der Waals surface area contributed by atoms with Gasteiger partial charge >= 0.3 is 0 Å². The maximum absolute atomic E-state index is 13.9. The van der Waals surface area contributed by atoms with Gasteiger partial charge in [-0.15, -0.1) is 0 Å². The van der Waals surface area contributed by atoms with Crippen LogP contribution in [0.15, 0.2) is 91.4 Å². The van der Waals surface area contributed by atoms with Crippen LogP contribution in [-0.2, 0) is 11.0 Å². The lowest BCUT2D eigenvalue weighted by Crippen LogP contribution is -2.43. The molecule has 0 radical (unpaired) electrons. The Kier molecular flexibility index (Phi) is 9.46. The molecule has 0 spiro atoms. The van der Waals surface area contributed by atoms with Crippen LogP contribution in [0.3, 0.4) is 0 Å². The predicted octanol–water partition coefficient (Wildman–Crippen LogP) is 8.97. The Balaban J connectivity index is 1.47. The van der Waals surface area contributed by atoms with Gasteiger partial charge in [-0.3, -0.25) is 4.79 Å². The van der Waals surface area contributed by atoms with Crippen molar-refractivity contribution in [2.24, 2.45) is 0 Å². The van der Waals surface area contributed by atoms with E-state index >= 15 is 0 Å². The number of anilines is 1. The summed E-state index contributed by atoms with van der Waals surface area (Å²) in [4.78, 5) is 23.6. The monoisotopic (exact) mass is 646 g/mol. The summed E-state index contributed by atoms with van der Waals surface area (Å²) in [5.74, 6) is 0.378. The number of amides is 1. The zero-order chi connectivity index (χ0) is 31.5. The molecule has 7 nitrogen and oxygen atoms in total. The van der Waals surface area contributed by atoms with Crippen molar-refractivity contribution in [2.75, 3.05) is 18.1 Å². The first kappa shape index (κ1) is 31.7. The van der Waals surface area contributed by atoms with E-state index in [4.69, 9.17) is 32.4 Å². The van der Waals surface area contributed by atoms with Crippen LogP contribution in [0.25, 0.3) is 16.6 Å². The van der Waals surface area contributed by atoms with E-state index in [1.54, 1.807) is 4.90 Å². The number of hydrogen-bond donors (Lipinski definition) is 0. The topological polar surface area (TPSA) is 69.5 Å². The summed E-state index contributed by atoms with van der Waals surface area (Å²) in [5.41, 5.74) is 3.72. The number of halogens is 2. The van der Waals surface area contributed by atoms with Crippen LogP contribution in [0.5, 0.6) is 5.75 Å². The zero-order valence-corrected chi connectivity index (χ0v) is 28.1. The minimum absolute atomic E-state index is 0.00431. The maximum Gasteiger partial charge on any atom is 0.264 e. The number of carbonyl (C=O) groups excluding carboxylic acids is 1. The second-order valence-electron chi connectivity index (χ2n) is 12.1. The fraction of sp³-hybridized carbons (Fsp3) is 0.265. The summed E-state index contributed by atoms with van der Waals surface area (Å²) in [7, 11) is -2.05. The van der Waals surface area contributed by atoms with E-state index in [9.17, 15) is 4.79 Å². The molecule has 2 heterocycles. The molecule has 10 heteroatoms. The Morgan fingerprint density at radius 3 is 2.32 bits per heavy atom. The molecule has 3 aromatic carbocycles. The van der Waals surface area contributed by atoms with Crippen LogP contribution in [0.4, 0.5) is 5.69 Å². The second-order valence-corrected chi connectivity index (χ2v) is 17.6. The molecule has 5 aromatic rings. The molecule has 0 saturated carbocycles. The molecular weight excluding hydrogens is 611 g/mol. The number of rotatable bonds is 10. The van der Waals surface area contributed by atoms with Gasteiger partial charge < -0.3 is 18.6 Å². The van der Waals surface area contributed by atoms with Gasteiger partial charge in [-0.2, -0.15) is 0 Å². The lowest BCUT2D eigenvalue weighted by Gasteiger charge is -2.37. The second kappa shape index (κ2) is 13.1. The zero-order valence-electron chi connectivity index (χ0n) is 25.6. The molecule has 0 aliphatic rings. The number of ether oxygens (including phenoxy) is 1. The molecular formula is C34H36Cl2N4O3Si. The van der Waals surface area contributed by atoms with Crippen LogP contribution < -0.4 is 9.64 Å². The first-order valence-corrected chi connectivity index (χ1v) is 18.1. The van der Waals surface area contributed by atoms with Gasteiger partial charge in [0.25, 0.3) is 5.91 Å². The molecule has 0 aliphatic carbocycles. The van der Waals surface area contributed by atoms with Crippen molar-refractivity contribution in [1.29, 1.82) is 0 Å². The molecule has 1 amide bonds. The summed E-state index contributed by atoms with van der Waals surface area (Å²) in [6, 6.07) is 26.0. The van der Waals surface area contributed by atoms with Crippen molar-refractivity contribution < 1.29 is 14.0 Å². The molecule has 0 fully saturated rings. The Hall–Kier alpha value is -3.69. The van der Waals surface area contributed by atoms with Crippen molar-refractivity contribution in [3.63, 3.8) is 0 Å². The third kappa shape index (κ3) is 6.84. The smallest absolute Gasteiger partial charge is 0.264 e. The lowest BCUT2D eigenvalue weighted by molar-refractivity contribution is 0.0981. The number of nitrogens with zero attached hydrogens (tertiary/aromatic N) is 4. The number of para-hydroxylation sites is 2. The fourth-order valence-electron chi connectivity index (χ4n) is 4.63. The van der Waals surface area contributed by atoms with Gasteiger partial charge in [-0.1, -0.05) is 86.4 Å². The van der Waals surface area contributed by atoms with Gasteiger partial charge in [-0.05, 0) is 60.1 Å². The average Bonchev–Trinajstić information content (AvgIpc) is 3.41. The predicted molar refractivity (Wildman–Crippen MR) is 181 cm³/mol. The first-order chi connectivity index (χ1) is 21.0. The minimum Gasteiger partial charge on any atom is -0.487 e. The van der Waals surface area contributed by atoms with E-state index in [-0.39, 0.29) is 20.9 Å². The highest BCUT2D eigenvalue weighted by Gasteiger charge is 2.37. The Labute approximate surface area is 269 Å². The largest absolute Gasteiger partial charge is 0.487 e. The van der Waals surface area contributed by atoms with Gasteiger partial charge in [0.2, 0.25) is 0 Å². The van der Waals surface area contributed by atoms with Crippen LogP contribution in [0.1, 0.15) is 36.7 Å². The van der Waals surface area contributed by atoms with E-state index in [0.717, 1.165) is 27.9 Å². The van der Waals surface area contributed by atoms with Crippen LogP contribution in [-0.4, -0.2) is 41.9 Å². The minimum atomic E-state index is -2.05. The molecule has 5 rings (SSSR count). The van der Waals surface area contributed by atoms with Crippen LogP contribution in [0, 0.1) is 0 Å². The molecule has 0 aliphatic heterocycles. The number of fused-ring (bicyclic) bond motifs is 1. The highest BCUT2D eigenvalue weighted by Crippen LogP contribution is 2.37. The van der Waals surface area contributed by atoms with Gasteiger partial charge in [0.1, 0.15) is 34.6 Å². The van der Waals surface area contributed by atoms with E-state index in [1.165, 1.54) is 6.33 Å². The van der Waals surface area contributed by atoms with E-state index in [0.29, 0.717) is 25.4 Å². The SMILES string of the molecule is CC(C)(C)[Si](C)(C)OCCN(C(=O)c1c(Cl)ncnc1Cl)c1ccc2c(ccn2-c2ccccc2OCc2ccccc2)c1. The molecule has 2 aromatic heterocycles. The number of hydrogen-bond acceptors (Lipinski definition) is 5. The highest BCUT2D eigenvalue weighted by atomic mass is 35.5.